The van der Waals surface area contributed by atoms with Gasteiger partial charge in [0.05, 0.1) is 37.6 Å². The average molecular weight is 959 g/mol. The van der Waals surface area contributed by atoms with E-state index in [-0.39, 0.29) is 40.6 Å². The summed E-state index contributed by atoms with van der Waals surface area (Å²) in [6.07, 6.45) is -18.6. The van der Waals surface area contributed by atoms with Crippen molar-refractivity contribution in [2.45, 2.75) is 217 Å². The number of carboxylic acid groups (broad SMARTS) is 1. The van der Waals surface area contributed by atoms with E-state index in [0.29, 0.717) is 32.1 Å². The zero-order valence-corrected chi connectivity index (χ0v) is 40.0. The summed E-state index contributed by atoms with van der Waals surface area (Å²) in [5.41, 5.74) is -1.55. The predicted octanol–water partition coefficient (Wildman–Crippen LogP) is -0.325. The lowest BCUT2D eigenvalue weighted by atomic mass is 9.33. The van der Waals surface area contributed by atoms with E-state index in [9.17, 15) is 66.1 Å². The van der Waals surface area contributed by atoms with E-state index in [2.05, 4.69) is 47.6 Å². The highest BCUT2D eigenvalue weighted by Gasteiger charge is 2.71. The molecule has 67 heavy (non-hydrogen) atoms. The topological polar surface area (TPSA) is 315 Å². The summed E-state index contributed by atoms with van der Waals surface area (Å²) in [4.78, 5) is 12.3. The van der Waals surface area contributed by atoms with Crippen LogP contribution < -0.4 is 0 Å². The molecule has 7 fully saturated rings. The van der Waals surface area contributed by atoms with Gasteiger partial charge in [0.1, 0.15) is 61.0 Å². The molecule has 0 aromatic heterocycles. The molecule has 19 heteroatoms. The number of carbonyl (C=O) groups is 1. The molecule has 0 spiro atoms. The van der Waals surface area contributed by atoms with Crippen molar-refractivity contribution in [2.75, 3.05) is 13.2 Å². The first kappa shape index (κ1) is 51.9. The van der Waals surface area contributed by atoms with E-state index in [0.717, 1.165) is 19.3 Å². The van der Waals surface area contributed by atoms with Crippen LogP contribution in [0, 0.1) is 50.2 Å². The fourth-order valence-corrected chi connectivity index (χ4v) is 15.2. The van der Waals surface area contributed by atoms with Gasteiger partial charge in [0.2, 0.25) is 0 Å². The Kier molecular flexibility index (Phi) is 13.9. The number of aliphatic hydroxyl groups excluding tert-OH is 11. The summed E-state index contributed by atoms with van der Waals surface area (Å²) in [6, 6.07) is 0. The van der Waals surface area contributed by atoms with Crippen molar-refractivity contribution >= 4 is 5.97 Å². The van der Waals surface area contributed by atoms with Crippen LogP contribution in [-0.2, 0) is 33.2 Å². The highest BCUT2D eigenvalue weighted by Crippen LogP contribution is 2.76. The second kappa shape index (κ2) is 17.9. The third kappa shape index (κ3) is 7.83. The summed E-state index contributed by atoms with van der Waals surface area (Å²) < 4.78 is 36.2. The first-order valence-electron chi connectivity index (χ1n) is 24.4. The van der Waals surface area contributed by atoms with E-state index in [1.165, 1.54) is 5.57 Å². The van der Waals surface area contributed by atoms with Gasteiger partial charge in [-0.3, -0.25) is 0 Å². The Balaban J connectivity index is 1.04. The van der Waals surface area contributed by atoms with Crippen LogP contribution in [0.4, 0.5) is 0 Å². The molecule has 4 saturated carbocycles. The Labute approximate surface area is 392 Å². The summed E-state index contributed by atoms with van der Waals surface area (Å²) in [6.45, 7) is 15.8. The molecule has 3 aliphatic heterocycles. The molecule has 26 atom stereocenters. The molecule has 8 rings (SSSR count). The maximum atomic E-state index is 12.4. The molecule has 5 aliphatic carbocycles. The average Bonchev–Trinajstić information content (AvgIpc) is 3.27. The fraction of sp³-hybridized carbons (Fsp3) is 0.938. The Morgan fingerprint density at radius 1 is 0.672 bits per heavy atom. The summed E-state index contributed by atoms with van der Waals surface area (Å²) in [5, 5.41) is 129. The highest BCUT2D eigenvalue weighted by atomic mass is 16.8. The van der Waals surface area contributed by atoms with Gasteiger partial charge >= 0.3 is 5.97 Å². The molecule has 3 heterocycles. The lowest BCUT2D eigenvalue weighted by molar-refractivity contribution is -0.375. The summed E-state index contributed by atoms with van der Waals surface area (Å²) in [7, 11) is 0. The van der Waals surface area contributed by atoms with Crippen molar-refractivity contribution < 1.29 is 94.5 Å². The van der Waals surface area contributed by atoms with E-state index >= 15 is 0 Å². The number of carboxylic acids is 1. The van der Waals surface area contributed by atoms with Gasteiger partial charge in [0.25, 0.3) is 0 Å². The molecule has 0 unspecified atom stereocenters. The molecule has 0 radical (unpaired) electrons. The third-order valence-electron chi connectivity index (χ3n) is 19.7. The number of fused-ring (bicyclic) bond motifs is 7. The molecule has 12 N–H and O–H groups in total. The maximum absolute atomic E-state index is 12.4. The maximum Gasteiger partial charge on any atom is 0.335 e. The quantitative estimate of drug-likeness (QED) is 0.104. The van der Waals surface area contributed by atoms with Gasteiger partial charge in [-0.25, -0.2) is 4.79 Å². The molecule has 8 aliphatic rings. The zero-order chi connectivity index (χ0) is 49.3. The van der Waals surface area contributed by atoms with Gasteiger partial charge in [-0.2, -0.15) is 0 Å². The normalized spacial score (nSPS) is 56.4. The largest absolute Gasteiger partial charge is 0.479 e. The first-order valence-corrected chi connectivity index (χ1v) is 24.4. The van der Waals surface area contributed by atoms with Crippen LogP contribution >= 0.6 is 0 Å². The van der Waals surface area contributed by atoms with Crippen LogP contribution in [0.1, 0.15) is 107 Å². The zero-order valence-electron chi connectivity index (χ0n) is 40.0. The number of hydrogen-bond donors (Lipinski definition) is 12. The van der Waals surface area contributed by atoms with Crippen molar-refractivity contribution in [3.05, 3.63) is 11.6 Å². The van der Waals surface area contributed by atoms with Crippen LogP contribution in [0.5, 0.6) is 0 Å². The van der Waals surface area contributed by atoms with Crippen LogP contribution in [0.2, 0.25) is 0 Å². The minimum absolute atomic E-state index is 0.00640. The smallest absolute Gasteiger partial charge is 0.335 e. The SMILES string of the molecule is C[C@@H]1O[C@@H](O[C@@H]2[C@@H](O)[C@]3(C)CC[C@]4(C)C(=CC[C@@H]5[C@@]6(C)CC[C@H](O[C@@H]7O[C@H](C(=O)O)[C@@H](O)[C@H](O)[C@H]7O[C@@H]7O[C@H](CO)[C@H](O)[C@H](O)[C@H]7O)[C@](C)(CO)[C@@H]6CC[C@]54C)[C@@H]3CC2(C)C)[C@H](O)[C@H](O)[C@H]1O. The van der Waals surface area contributed by atoms with E-state index in [1.807, 2.05) is 6.92 Å². The minimum atomic E-state index is -2.01. The van der Waals surface area contributed by atoms with Gasteiger partial charge in [0.15, 0.2) is 25.0 Å². The monoisotopic (exact) mass is 959 g/mol. The molecular weight excluding hydrogens is 881 g/mol. The van der Waals surface area contributed by atoms with Crippen LogP contribution in [0.25, 0.3) is 0 Å². The molecule has 0 aromatic carbocycles. The third-order valence-corrected chi connectivity index (χ3v) is 19.7. The van der Waals surface area contributed by atoms with E-state index in [1.54, 1.807) is 6.92 Å². The highest BCUT2D eigenvalue weighted by molar-refractivity contribution is 5.73. The Bertz CT molecular complexity index is 1850. The lowest BCUT2D eigenvalue weighted by Crippen LogP contribution is -2.69. The molecule has 0 bridgehead atoms. The number of aliphatic carboxylic acids is 1. The van der Waals surface area contributed by atoms with Crippen molar-refractivity contribution in [1.82, 2.24) is 0 Å². The van der Waals surface area contributed by atoms with Crippen molar-refractivity contribution in [3.63, 3.8) is 0 Å². The second-order valence-corrected chi connectivity index (χ2v) is 23.6. The molecule has 19 nitrogen and oxygen atoms in total. The molecular formula is C48H78O19. The van der Waals surface area contributed by atoms with Gasteiger partial charge in [-0.1, -0.05) is 60.1 Å². The van der Waals surface area contributed by atoms with E-state index in [4.69, 9.17) is 28.4 Å². The predicted molar refractivity (Wildman–Crippen MR) is 232 cm³/mol. The van der Waals surface area contributed by atoms with Gasteiger partial charge in [0, 0.05) is 10.8 Å². The van der Waals surface area contributed by atoms with Crippen LogP contribution in [0.15, 0.2) is 11.6 Å². The van der Waals surface area contributed by atoms with Crippen molar-refractivity contribution in [3.8, 4) is 0 Å². The lowest BCUT2D eigenvalue weighted by Gasteiger charge is -2.72. The first-order chi connectivity index (χ1) is 31.2. The second-order valence-electron chi connectivity index (χ2n) is 23.6. The van der Waals surface area contributed by atoms with Crippen molar-refractivity contribution in [2.24, 2.45) is 50.2 Å². The number of allylic oxidation sites excluding steroid dienone is 2. The number of ether oxygens (including phenoxy) is 6. The van der Waals surface area contributed by atoms with E-state index < -0.39 is 139 Å². The molecule has 384 valence electrons. The summed E-state index contributed by atoms with van der Waals surface area (Å²) in [5.74, 6) is -1.52. The van der Waals surface area contributed by atoms with Gasteiger partial charge in [-0.15, -0.1) is 0 Å². The molecule has 0 amide bonds. The van der Waals surface area contributed by atoms with Crippen LogP contribution in [-0.4, -0.2) is 191 Å². The number of aliphatic hydroxyl groups is 11. The molecule has 0 aromatic rings. The Hall–Kier alpha value is -1.47. The Morgan fingerprint density at radius 3 is 1.94 bits per heavy atom. The van der Waals surface area contributed by atoms with Gasteiger partial charge < -0.3 is 89.7 Å². The van der Waals surface area contributed by atoms with Crippen LogP contribution in [0.3, 0.4) is 0 Å². The number of rotatable bonds is 9. The van der Waals surface area contributed by atoms with Gasteiger partial charge in [-0.05, 0) is 97.7 Å². The standard InChI is InChI=1S/C48H78O19/c1-20-27(51)29(53)33(57)40(62-20)67-38-37(59)44(4)15-16-47(7)21(22(44)17-43(38,2)3)9-10-25-45(5)13-12-26(46(6,19-50)24(45)11-14-48(25,47)8)64-42-36(32(56)31(55)35(65-42)39(60)61)66-41-34(58)30(54)28(52)23(18-49)63-41/h9,20,22-38,40-42,49-59H,10-19H2,1-8H3,(H,60,61)/t20-,22-,23+,24+,25+,26-,27-,28-,29+,30-,31-,32-,33+,34+,35-,36+,37+,38+,40-,41-,42+,44+,45-,46+,47+,48+/m0/s1. The Morgan fingerprint density at radius 2 is 1.31 bits per heavy atom. The fourth-order valence-electron chi connectivity index (χ4n) is 15.2. The molecule has 3 saturated heterocycles. The number of hydrogen-bond acceptors (Lipinski definition) is 18. The minimum Gasteiger partial charge on any atom is -0.479 e. The van der Waals surface area contributed by atoms with Crippen molar-refractivity contribution in [1.29, 1.82) is 0 Å². The summed E-state index contributed by atoms with van der Waals surface area (Å²) >= 11 is 0.